The second-order valence-electron chi connectivity index (χ2n) is 12.1. The molecule has 2 aliphatic rings. The zero-order valence-corrected chi connectivity index (χ0v) is 23.9. The van der Waals surface area contributed by atoms with Crippen LogP contribution in [0.3, 0.4) is 0 Å². The molecule has 5 aromatic carbocycles. The third-order valence-corrected chi connectivity index (χ3v) is 9.98. The second kappa shape index (κ2) is 10.7. The van der Waals surface area contributed by atoms with Gasteiger partial charge in [0.1, 0.15) is 0 Å². The van der Waals surface area contributed by atoms with Crippen LogP contribution in [0.1, 0.15) is 48.6 Å². The smallest absolute Gasteiger partial charge is 0.0704 e. The molecule has 0 spiro atoms. The van der Waals surface area contributed by atoms with Gasteiger partial charge >= 0.3 is 0 Å². The van der Waals surface area contributed by atoms with E-state index >= 15 is 0 Å². The molecule has 1 fully saturated rings. The Morgan fingerprint density at radius 2 is 1.19 bits per heavy atom. The molecule has 0 N–H and O–H groups in total. The van der Waals surface area contributed by atoms with Crippen LogP contribution >= 0.6 is 0 Å². The molecule has 1 heterocycles. The van der Waals surface area contributed by atoms with Gasteiger partial charge in [0.2, 0.25) is 0 Å². The highest BCUT2D eigenvalue weighted by atomic mass is 14.7. The lowest BCUT2D eigenvalue weighted by Gasteiger charge is -2.44. The first-order chi connectivity index (χ1) is 20.9. The van der Waals surface area contributed by atoms with E-state index in [1.807, 2.05) is 6.20 Å². The molecule has 1 aromatic heterocycles. The van der Waals surface area contributed by atoms with Gasteiger partial charge in [-0.25, -0.2) is 0 Å². The van der Waals surface area contributed by atoms with Crippen LogP contribution in [-0.4, -0.2) is 4.98 Å². The maximum atomic E-state index is 4.76. The molecule has 0 saturated heterocycles. The Labute approximate surface area is 248 Å². The average Bonchev–Trinajstić information content (AvgIpc) is 3.07. The summed E-state index contributed by atoms with van der Waals surface area (Å²) in [6, 6.07) is 44.5. The Balaban J connectivity index is 1.26. The Morgan fingerprint density at radius 3 is 1.88 bits per heavy atom. The van der Waals surface area contributed by atoms with Crippen LogP contribution < -0.4 is 0 Å². The van der Waals surface area contributed by atoms with E-state index in [-0.39, 0.29) is 0 Å². The minimum atomic E-state index is 0.404. The lowest BCUT2D eigenvalue weighted by Crippen LogP contribution is -2.32. The fraction of sp³-hybridized carbons (Fsp3) is 0.195. The van der Waals surface area contributed by atoms with Gasteiger partial charge in [-0.05, 0) is 92.9 Å². The van der Waals surface area contributed by atoms with Crippen LogP contribution in [0.2, 0.25) is 0 Å². The van der Waals surface area contributed by atoms with Crippen LogP contribution in [0.5, 0.6) is 0 Å². The summed E-state index contributed by atoms with van der Waals surface area (Å²) in [5.41, 5.74) is 7.91. The van der Waals surface area contributed by atoms with Crippen LogP contribution in [0.4, 0.5) is 0 Å². The number of hydrogen-bond donors (Lipinski definition) is 0. The van der Waals surface area contributed by atoms with Gasteiger partial charge in [-0.2, -0.15) is 0 Å². The molecule has 0 aliphatic heterocycles. The highest BCUT2D eigenvalue weighted by molar-refractivity contribution is 6.15. The predicted octanol–water partition coefficient (Wildman–Crippen LogP) is 11.0. The Hall–Kier alpha value is -4.49. The zero-order valence-electron chi connectivity index (χ0n) is 23.9. The van der Waals surface area contributed by atoms with Gasteiger partial charge in [-0.15, -0.1) is 0 Å². The maximum Gasteiger partial charge on any atom is 0.0704 e. The standard InChI is InChI=1S/C41H35N/c1-3-13-28(14-4-1)39-27-30(25-26-42-39)31-21-11-23-33-32(31)22-12-24-34(33)41-37-19-9-7-17-35(37)40(29-15-5-2-6-16-29)36-18-8-10-20-38(36)41/h1-10,12-20,24-27,31-34H,11,21-23H2. The summed E-state index contributed by atoms with van der Waals surface area (Å²) in [6.45, 7) is 0. The van der Waals surface area contributed by atoms with Gasteiger partial charge in [0, 0.05) is 17.7 Å². The van der Waals surface area contributed by atoms with E-state index in [0.29, 0.717) is 23.7 Å². The summed E-state index contributed by atoms with van der Waals surface area (Å²) in [6.07, 6.45) is 12.1. The molecule has 2 aliphatic carbocycles. The number of aromatic nitrogens is 1. The van der Waals surface area contributed by atoms with Crippen molar-refractivity contribution in [3.8, 4) is 22.4 Å². The largest absolute Gasteiger partial charge is 0.256 e. The van der Waals surface area contributed by atoms with Crippen LogP contribution in [0.15, 0.2) is 140 Å². The van der Waals surface area contributed by atoms with E-state index in [1.165, 1.54) is 68.6 Å². The summed E-state index contributed by atoms with van der Waals surface area (Å²) >= 11 is 0. The molecular weight excluding hydrogens is 506 g/mol. The van der Waals surface area contributed by atoms with Gasteiger partial charge < -0.3 is 0 Å². The van der Waals surface area contributed by atoms with Crippen molar-refractivity contribution >= 4 is 21.5 Å². The molecule has 4 atom stereocenters. The molecule has 1 heteroatoms. The Kier molecular flexibility index (Phi) is 6.45. The Morgan fingerprint density at radius 1 is 0.571 bits per heavy atom. The molecule has 0 radical (unpaired) electrons. The number of nitrogens with zero attached hydrogens (tertiary/aromatic N) is 1. The zero-order chi connectivity index (χ0) is 27.9. The van der Waals surface area contributed by atoms with Crippen LogP contribution in [0, 0.1) is 11.8 Å². The number of fused-ring (bicyclic) bond motifs is 3. The Bertz CT molecular complexity index is 1850. The van der Waals surface area contributed by atoms with Crippen molar-refractivity contribution in [2.45, 2.75) is 37.5 Å². The van der Waals surface area contributed by atoms with Gasteiger partial charge in [0.25, 0.3) is 0 Å². The van der Waals surface area contributed by atoms with Gasteiger partial charge in [-0.3, -0.25) is 4.98 Å². The van der Waals surface area contributed by atoms with E-state index in [4.69, 9.17) is 4.98 Å². The molecule has 6 aromatic rings. The van der Waals surface area contributed by atoms with Crippen molar-refractivity contribution in [1.29, 1.82) is 0 Å². The van der Waals surface area contributed by atoms with Gasteiger partial charge in [0.15, 0.2) is 0 Å². The summed E-state index contributed by atoms with van der Waals surface area (Å²) in [5, 5.41) is 5.54. The van der Waals surface area contributed by atoms with E-state index in [0.717, 1.165) is 12.1 Å². The number of allylic oxidation sites excluding steroid dienone is 2. The molecule has 1 nitrogen and oxygen atoms in total. The highest BCUT2D eigenvalue weighted by Gasteiger charge is 2.40. The first-order valence-electron chi connectivity index (χ1n) is 15.5. The van der Waals surface area contributed by atoms with Crippen molar-refractivity contribution in [3.05, 3.63) is 151 Å². The predicted molar refractivity (Wildman–Crippen MR) is 177 cm³/mol. The topological polar surface area (TPSA) is 12.9 Å². The minimum absolute atomic E-state index is 0.404. The number of rotatable bonds is 4. The third-order valence-electron chi connectivity index (χ3n) is 9.98. The lowest BCUT2D eigenvalue weighted by molar-refractivity contribution is 0.180. The lowest BCUT2D eigenvalue weighted by atomic mass is 9.60. The third kappa shape index (κ3) is 4.27. The molecule has 0 bridgehead atoms. The average molecular weight is 542 g/mol. The fourth-order valence-corrected chi connectivity index (χ4v) is 8.22. The molecule has 8 rings (SSSR count). The van der Waals surface area contributed by atoms with Crippen molar-refractivity contribution in [1.82, 2.24) is 4.98 Å². The monoisotopic (exact) mass is 541 g/mol. The van der Waals surface area contributed by atoms with Gasteiger partial charge in [-0.1, -0.05) is 128 Å². The minimum Gasteiger partial charge on any atom is -0.256 e. The van der Waals surface area contributed by atoms with Crippen molar-refractivity contribution in [2.24, 2.45) is 11.8 Å². The number of benzene rings is 5. The maximum absolute atomic E-state index is 4.76. The van der Waals surface area contributed by atoms with Crippen molar-refractivity contribution in [3.63, 3.8) is 0 Å². The van der Waals surface area contributed by atoms with E-state index in [9.17, 15) is 0 Å². The molecule has 42 heavy (non-hydrogen) atoms. The van der Waals surface area contributed by atoms with Crippen molar-refractivity contribution < 1.29 is 0 Å². The molecule has 204 valence electrons. The highest BCUT2D eigenvalue weighted by Crippen LogP contribution is 2.54. The van der Waals surface area contributed by atoms with E-state index in [1.54, 1.807) is 0 Å². The number of pyridine rings is 1. The summed E-state index contributed by atoms with van der Waals surface area (Å²) in [4.78, 5) is 4.76. The number of hydrogen-bond acceptors (Lipinski definition) is 1. The SMILES string of the molecule is C1=CC(c2c3ccccc3c(-c3ccccc3)c3ccccc23)C2CCCC(c3ccnc(-c4ccccc4)c3)C2C1. The second-order valence-corrected chi connectivity index (χ2v) is 12.1. The normalized spacial score (nSPS) is 21.8. The van der Waals surface area contributed by atoms with Crippen LogP contribution in [0.25, 0.3) is 43.9 Å². The summed E-state index contributed by atoms with van der Waals surface area (Å²) in [7, 11) is 0. The molecule has 4 unspecified atom stereocenters. The first kappa shape index (κ1) is 25.2. The summed E-state index contributed by atoms with van der Waals surface area (Å²) in [5.74, 6) is 2.21. The quantitative estimate of drug-likeness (QED) is 0.160. The molecular formula is C41H35N. The fourth-order valence-electron chi connectivity index (χ4n) is 8.22. The van der Waals surface area contributed by atoms with Gasteiger partial charge in [0.05, 0.1) is 5.69 Å². The van der Waals surface area contributed by atoms with E-state index in [2.05, 4.69) is 133 Å². The van der Waals surface area contributed by atoms with Crippen LogP contribution in [-0.2, 0) is 0 Å². The van der Waals surface area contributed by atoms with Crippen molar-refractivity contribution in [2.75, 3.05) is 0 Å². The molecule has 0 amide bonds. The first-order valence-corrected chi connectivity index (χ1v) is 15.5. The van der Waals surface area contributed by atoms with E-state index < -0.39 is 0 Å². The summed E-state index contributed by atoms with van der Waals surface area (Å²) < 4.78 is 0. The molecule has 1 saturated carbocycles.